The Balaban J connectivity index is 2.09. The van der Waals surface area contributed by atoms with Gasteiger partial charge in [0.1, 0.15) is 0 Å². The van der Waals surface area contributed by atoms with Gasteiger partial charge in [-0.1, -0.05) is 24.6 Å². The molecule has 0 bridgehead atoms. The van der Waals surface area contributed by atoms with Gasteiger partial charge in [-0.25, -0.2) is 0 Å². The maximum Gasteiger partial charge on any atom is 0.0640 e. The molecule has 1 aromatic carbocycles. The first kappa shape index (κ1) is 9.85. The number of hydrogen-bond acceptors (Lipinski definition) is 1. The van der Waals surface area contributed by atoms with E-state index >= 15 is 0 Å². The van der Waals surface area contributed by atoms with Crippen molar-refractivity contribution in [1.82, 2.24) is 0 Å². The Hall–Kier alpha value is -0.690. The van der Waals surface area contributed by atoms with E-state index in [9.17, 15) is 0 Å². The first-order valence-corrected chi connectivity index (χ1v) is 5.57. The van der Waals surface area contributed by atoms with Crippen molar-refractivity contribution in [2.75, 3.05) is 5.32 Å². The zero-order valence-electron chi connectivity index (χ0n) is 8.68. The molecule has 1 saturated carbocycles. The minimum Gasteiger partial charge on any atom is -0.381 e. The second-order valence-electron chi connectivity index (χ2n) is 4.29. The minimum absolute atomic E-state index is 0.621. The number of anilines is 1. The predicted octanol–water partition coefficient (Wildman–Crippen LogP) is 3.86. The second-order valence-corrected chi connectivity index (χ2v) is 4.70. The number of hydrogen-bond donors (Lipinski definition) is 1. The highest BCUT2D eigenvalue weighted by molar-refractivity contribution is 6.33. The van der Waals surface area contributed by atoms with Gasteiger partial charge in [-0.2, -0.15) is 0 Å². The number of benzene rings is 1. The van der Waals surface area contributed by atoms with Gasteiger partial charge in [0.2, 0.25) is 0 Å². The number of halogens is 1. The highest BCUT2D eigenvalue weighted by Crippen LogP contribution is 2.32. The summed E-state index contributed by atoms with van der Waals surface area (Å²) in [5.41, 5.74) is 2.29. The summed E-state index contributed by atoms with van der Waals surface area (Å²) < 4.78 is 0. The van der Waals surface area contributed by atoms with Crippen LogP contribution >= 0.6 is 11.6 Å². The zero-order valence-corrected chi connectivity index (χ0v) is 9.43. The van der Waals surface area contributed by atoms with Crippen molar-refractivity contribution in [2.24, 2.45) is 5.92 Å². The van der Waals surface area contributed by atoms with Gasteiger partial charge >= 0.3 is 0 Å². The van der Waals surface area contributed by atoms with Crippen molar-refractivity contribution in [3.63, 3.8) is 0 Å². The molecule has 0 amide bonds. The standard InChI is InChI=1S/C12H16ClN/c1-8-3-5-12(10(13)7-8)14-11-6-4-9(11)2/h3,5,7,9,11,14H,4,6H2,1-2H3. The summed E-state index contributed by atoms with van der Waals surface area (Å²) in [6, 6.07) is 6.79. The molecule has 0 aliphatic heterocycles. The molecule has 2 heteroatoms. The summed E-state index contributed by atoms with van der Waals surface area (Å²) in [5.74, 6) is 0.785. The lowest BCUT2D eigenvalue weighted by Crippen LogP contribution is -2.36. The molecule has 1 nitrogen and oxygen atoms in total. The summed E-state index contributed by atoms with van der Waals surface area (Å²) >= 11 is 6.14. The molecule has 1 N–H and O–H groups in total. The molecule has 1 fully saturated rings. The summed E-state index contributed by atoms with van der Waals surface area (Å²) in [6.45, 7) is 4.34. The third-order valence-corrected chi connectivity index (χ3v) is 3.40. The van der Waals surface area contributed by atoms with Gasteiger partial charge in [-0.05, 0) is 43.4 Å². The lowest BCUT2D eigenvalue weighted by atomic mass is 9.81. The predicted molar refractivity (Wildman–Crippen MR) is 62.0 cm³/mol. The molecule has 76 valence electrons. The van der Waals surface area contributed by atoms with Crippen LogP contribution in [-0.4, -0.2) is 6.04 Å². The van der Waals surface area contributed by atoms with E-state index in [1.165, 1.54) is 18.4 Å². The first-order valence-electron chi connectivity index (χ1n) is 5.19. The Labute approximate surface area is 90.5 Å². The third kappa shape index (κ3) is 1.88. The average Bonchev–Trinajstić information content (AvgIpc) is 2.14. The molecule has 0 heterocycles. The van der Waals surface area contributed by atoms with E-state index in [2.05, 4.69) is 31.3 Å². The molecule has 0 aromatic heterocycles. The lowest BCUT2D eigenvalue weighted by molar-refractivity contribution is 0.303. The normalized spacial score (nSPS) is 25.6. The maximum absolute atomic E-state index is 6.14. The lowest BCUT2D eigenvalue weighted by Gasteiger charge is -2.35. The Bertz CT molecular complexity index is 335. The van der Waals surface area contributed by atoms with Crippen LogP contribution < -0.4 is 5.32 Å². The van der Waals surface area contributed by atoms with Crippen LogP contribution in [0.4, 0.5) is 5.69 Å². The van der Waals surface area contributed by atoms with Crippen molar-refractivity contribution in [3.8, 4) is 0 Å². The second kappa shape index (κ2) is 3.82. The van der Waals surface area contributed by atoms with Gasteiger partial charge in [-0.15, -0.1) is 0 Å². The molecule has 14 heavy (non-hydrogen) atoms. The fraction of sp³-hybridized carbons (Fsp3) is 0.500. The Morgan fingerprint density at radius 2 is 2.14 bits per heavy atom. The fourth-order valence-corrected chi connectivity index (χ4v) is 2.11. The van der Waals surface area contributed by atoms with Crippen molar-refractivity contribution >= 4 is 17.3 Å². The van der Waals surface area contributed by atoms with Crippen molar-refractivity contribution < 1.29 is 0 Å². The van der Waals surface area contributed by atoms with Crippen molar-refractivity contribution in [1.29, 1.82) is 0 Å². The van der Waals surface area contributed by atoms with E-state index < -0.39 is 0 Å². The van der Waals surface area contributed by atoms with Crippen LogP contribution in [-0.2, 0) is 0 Å². The molecule has 1 aromatic rings. The highest BCUT2D eigenvalue weighted by Gasteiger charge is 2.26. The van der Waals surface area contributed by atoms with Gasteiger partial charge in [0, 0.05) is 6.04 Å². The molecule has 2 atom stereocenters. The van der Waals surface area contributed by atoms with Gasteiger partial charge in [0.05, 0.1) is 10.7 Å². The molecular weight excluding hydrogens is 194 g/mol. The van der Waals surface area contributed by atoms with E-state index in [1.54, 1.807) is 0 Å². The zero-order chi connectivity index (χ0) is 10.1. The van der Waals surface area contributed by atoms with Gasteiger partial charge in [0.15, 0.2) is 0 Å². The number of nitrogens with one attached hydrogen (secondary N) is 1. The Morgan fingerprint density at radius 3 is 2.64 bits per heavy atom. The van der Waals surface area contributed by atoms with E-state index in [0.29, 0.717) is 6.04 Å². The molecule has 0 spiro atoms. The van der Waals surface area contributed by atoms with E-state index in [1.807, 2.05) is 6.07 Å². The third-order valence-electron chi connectivity index (χ3n) is 3.09. The van der Waals surface area contributed by atoms with Crippen molar-refractivity contribution in [2.45, 2.75) is 32.7 Å². The summed E-state index contributed by atoms with van der Waals surface area (Å²) in [7, 11) is 0. The minimum atomic E-state index is 0.621. The number of rotatable bonds is 2. The summed E-state index contributed by atoms with van der Waals surface area (Å²) in [6.07, 6.45) is 2.60. The smallest absolute Gasteiger partial charge is 0.0640 e. The molecule has 1 aliphatic carbocycles. The van der Waals surface area contributed by atoms with Gasteiger partial charge < -0.3 is 5.32 Å². The van der Waals surface area contributed by atoms with Gasteiger partial charge in [-0.3, -0.25) is 0 Å². The number of aryl methyl sites for hydroxylation is 1. The average molecular weight is 210 g/mol. The van der Waals surface area contributed by atoms with E-state index in [4.69, 9.17) is 11.6 Å². The molecular formula is C12H16ClN. The van der Waals surface area contributed by atoms with Crippen LogP contribution in [0.15, 0.2) is 18.2 Å². The van der Waals surface area contributed by atoms with Gasteiger partial charge in [0.25, 0.3) is 0 Å². The quantitative estimate of drug-likeness (QED) is 0.780. The van der Waals surface area contributed by atoms with Crippen LogP contribution in [0.5, 0.6) is 0 Å². The maximum atomic E-state index is 6.14. The molecule has 2 unspecified atom stereocenters. The van der Waals surface area contributed by atoms with Crippen LogP contribution in [0, 0.1) is 12.8 Å². The van der Waals surface area contributed by atoms with Crippen molar-refractivity contribution in [3.05, 3.63) is 28.8 Å². The van der Waals surface area contributed by atoms with Crippen LogP contribution in [0.1, 0.15) is 25.3 Å². The Morgan fingerprint density at radius 1 is 1.36 bits per heavy atom. The molecule has 0 saturated heterocycles. The highest BCUT2D eigenvalue weighted by atomic mass is 35.5. The summed E-state index contributed by atoms with van der Waals surface area (Å²) in [4.78, 5) is 0. The van der Waals surface area contributed by atoms with Crippen LogP contribution in [0.2, 0.25) is 5.02 Å². The first-order chi connectivity index (χ1) is 6.66. The molecule has 0 radical (unpaired) electrons. The van der Waals surface area contributed by atoms with E-state index in [-0.39, 0.29) is 0 Å². The molecule has 2 rings (SSSR count). The SMILES string of the molecule is Cc1ccc(NC2CCC2C)c(Cl)c1. The topological polar surface area (TPSA) is 12.0 Å². The van der Waals surface area contributed by atoms with Crippen LogP contribution in [0.3, 0.4) is 0 Å². The summed E-state index contributed by atoms with van der Waals surface area (Å²) in [5, 5.41) is 4.33. The largest absolute Gasteiger partial charge is 0.381 e. The monoisotopic (exact) mass is 209 g/mol. The fourth-order valence-electron chi connectivity index (χ4n) is 1.82. The Kier molecular flexibility index (Phi) is 2.69. The van der Waals surface area contributed by atoms with Crippen LogP contribution in [0.25, 0.3) is 0 Å². The van der Waals surface area contributed by atoms with E-state index in [0.717, 1.165) is 16.6 Å². The molecule has 1 aliphatic rings.